The second kappa shape index (κ2) is 9.64. The maximum absolute atomic E-state index is 12.4. The first-order valence-electron chi connectivity index (χ1n) is 10.2. The van der Waals surface area contributed by atoms with Gasteiger partial charge in [0.2, 0.25) is 5.91 Å². The minimum atomic E-state index is -4.85. The highest BCUT2D eigenvalue weighted by atomic mass is 32.2. The standard InChI is InChI=1S/C20H24F3N3O6S2/c1-19(2,3)32-18(28)24-9-8-16(27)25-17-26(14-10-34(29,30)11-15(14)33-17)12-4-6-13(7-5-12)31-20(21,22)23/h4-7,14-15H,8-11H2,1-3H3,(H,24,28)/t14-,15+/m1/s1. The lowest BCUT2D eigenvalue weighted by Crippen LogP contribution is -2.37. The molecule has 2 saturated heterocycles. The number of aliphatic imine (C=N–C) groups is 1. The molecule has 1 aromatic carbocycles. The molecule has 3 rings (SSSR count). The Labute approximate surface area is 199 Å². The van der Waals surface area contributed by atoms with Crippen molar-refractivity contribution in [2.75, 3.05) is 23.0 Å². The van der Waals surface area contributed by atoms with E-state index in [0.29, 0.717) is 5.69 Å². The average Bonchev–Trinajstić information content (AvgIpc) is 3.10. The van der Waals surface area contributed by atoms with Crippen LogP contribution in [0.3, 0.4) is 0 Å². The van der Waals surface area contributed by atoms with E-state index in [2.05, 4.69) is 15.0 Å². The van der Waals surface area contributed by atoms with Crippen LogP contribution in [-0.2, 0) is 19.4 Å². The molecular weight excluding hydrogens is 499 g/mol. The second-order valence-electron chi connectivity index (χ2n) is 8.68. The van der Waals surface area contributed by atoms with E-state index in [-0.39, 0.29) is 34.9 Å². The number of hydrogen-bond acceptors (Lipinski definition) is 7. The molecule has 2 heterocycles. The first-order chi connectivity index (χ1) is 15.6. The van der Waals surface area contributed by atoms with E-state index in [9.17, 15) is 31.2 Å². The molecule has 2 amide bonds. The molecule has 0 unspecified atom stereocenters. The predicted molar refractivity (Wildman–Crippen MR) is 121 cm³/mol. The van der Waals surface area contributed by atoms with Crippen LogP contribution in [-0.4, -0.2) is 66.9 Å². The minimum absolute atomic E-state index is 0.0140. The first-order valence-corrected chi connectivity index (χ1v) is 12.9. The number of rotatable bonds is 5. The second-order valence-corrected chi connectivity index (χ2v) is 12.0. The molecule has 0 aliphatic carbocycles. The van der Waals surface area contributed by atoms with Crippen molar-refractivity contribution in [1.82, 2.24) is 5.32 Å². The molecule has 1 N–H and O–H groups in total. The molecule has 2 aliphatic heterocycles. The summed E-state index contributed by atoms with van der Waals surface area (Å²) in [4.78, 5) is 29.8. The number of amidine groups is 1. The van der Waals surface area contributed by atoms with E-state index in [4.69, 9.17) is 4.74 Å². The van der Waals surface area contributed by atoms with Gasteiger partial charge in [-0.1, -0.05) is 11.8 Å². The molecule has 0 saturated carbocycles. The Morgan fingerprint density at radius 2 is 1.82 bits per heavy atom. The number of nitrogens with zero attached hydrogens (tertiary/aromatic N) is 2. The number of anilines is 1. The number of hydrogen-bond donors (Lipinski definition) is 1. The number of thioether (sulfide) groups is 1. The Bertz CT molecular complexity index is 1070. The van der Waals surface area contributed by atoms with E-state index in [1.165, 1.54) is 12.1 Å². The van der Waals surface area contributed by atoms with Crippen LogP contribution in [0.4, 0.5) is 23.7 Å². The highest BCUT2D eigenvalue weighted by Gasteiger charge is 2.49. The van der Waals surface area contributed by atoms with Crippen molar-refractivity contribution in [2.45, 2.75) is 50.4 Å². The van der Waals surface area contributed by atoms with Gasteiger partial charge in [0, 0.05) is 23.9 Å². The maximum atomic E-state index is 12.4. The molecule has 188 valence electrons. The topological polar surface area (TPSA) is 114 Å². The normalized spacial score (nSPS) is 23.0. The van der Waals surface area contributed by atoms with Gasteiger partial charge in [0.15, 0.2) is 15.0 Å². The molecule has 2 atom stereocenters. The van der Waals surface area contributed by atoms with Gasteiger partial charge in [-0.2, -0.15) is 4.99 Å². The van der Waals surface area contributed by atoms with Crippen molar-refractivity contribution >= 4 is 44.5 Å². The number of carbonyl (C=O) groups is 2. The van der Waals surface area contributed by atoms with Crippen molar-refractivity contribution < 1.29 is 40.7 Å². The van der Waals surface area contributed by atoms with E-state index >= 15 is 0 Å². The van der Waals surface area contributed by atoms with Crippen LogP contribution in [0.5, 0.6) is 5.75 Å². The fraction of sp³-hybridized carbons (Fsp3) is 0.550. The Hall–Kier alpha value is -2.48. The number of alkyl carbamates (subject to hydrolysis) is 1. The SMILES string of the molecule is CC(C)(C)OC(=O)NCCC(=O)N=C1S[C@H]2CS(=O)(=O)C[C@H]2N1c1ccc(OC(F)(F)F)cc1. The number of halogens is 3. The van der Waals surface area contributed by atoms with Crippen molar-refractivity contribution in [3.05, 3.63) is 24.3 Å². The zero-order chi connectivity index (χ0) is 25.3. The molecule has 2 aliphatic rings. The molecule has 0 radical (unpaired) electrons. The maximum Gasteiger partial charge on any atom is 0.573 e. The lowest BCUT2D eigenvalue weighted by molar-refractivity contribution is -0.274. The van der Waals surface area contributed by atoms with Gasteiger partial charge in [-0.3, -0.25) is 4.79 Å². The Morgan fingerprint density at radius 3 is 2.41 bits per heavy atom. The number of alkyl halides is 3. The molecule has 2 fully saturated rings. The van der Waals surface area contributed by atoms with Crippen molar-refractivity contribution in [3.8, 4) is 5.75 Å². The van der Waals surface area contributed by atoms with Crippen LogP contribution >= 0.6 is 11.8 Å². The summed E-state index contributed by atoms with van der Waals surface area (Å²) in [5.41, 5.74) is -0.307. The predicted octanol–water partition coefficient (Wildman–Crippen LogP) is 3.10. The zero-order valence-electron chi connectivity index (χ0n) is 18.6. The summed E-state index contributed by atoms with van der Waals surface area (Å²) in [7, 11) is -3.31. The van der Waals surface area contributed by atoms with Crippen LogP contribution in [0.15, 0.2) is 29.3 Å². The average molecular weight is 524 g/mol. The van der Waals surface area contributed by atoms with Crippen LogP contribution in [0.25, 0.3) is 0 Å². The van der Waals surface area contributed by atoms with E-state index in [1.54, 1.807) is 25.7 Å². The van der Waals surface area contributed by atoms with Crippen LogP contribution < -0.4 is 15.0 Å². The van der Waals surface area contributed by atoms with Gasteiger partial charge < -0.3 is 19.7 Å². The number of ether oxygens (including phenoxy) is 2. The lowest BCUT2D eigenvalue weighted by atomic mass is 10.2. The third kappa shape index (κ3) is 7.26. The Kier molecular flexibility index (Phi) is 7.41. The number of amides is 2. The minimum Gasteiger partial charge on any atom is -0.444 e. The van der Waals surface area contributed by atoms with Gasteiger partial charge in [0.25, 0.3) is 0 Å². The molecular formula is C20H24F3N3O6S2. The highest BCUT2D eigenvalue weighted by Crippen LogP contribution is 2.41. The summed E-state index contributed by atoms with van der Waals surface area (Å²) in [6, 6.07) is 4.39. The number of nitrogens with one attached hydrogen (secondary N) is 1. The van der Waals surface area contributed by atoms with E-state index < -0.39 is 45.6 Å². The number of sulfone groups is 1. The van der Waals surface area contributed by atoms with Gasteiger partial charge in [-0.05, 0) is 45.0 Å². The van der Waals surface area contributed by atoms with E-state index in [0.717, 1.165) is 23.9 Å². The Morgan fingerprint density at radius 1 is 1.18 bits per heavy atom. The Balaban J connectivity index is 1.73. The number of carbonyl (C=O) groups excluding carboxylic acids is 2. The van der Waals surface area contributed by atoms with Crippen LogP contribution in [0.1, 0.15) is 27.2 Å². The van der Waals surface area contributed by atoms with Crippen molar-refractivity contribution in [2.24, 2.45) is 4.99 Å². The molecule has 34 heavy (non-hydrogen) atoms. The first kappa shape index (κ1) is 26.1. The quantitative estimate of drug-likeness (QED) is 0.626. The highest BCUT2D eigenvalue weighted by molar-refractivity contribution is 8.16. The monoisotopic (exact) mass is 523 g/mol. The fourth-order valence-electron chi connectivity index (χ4n) is 3.42. The third-order valence-electron chi connectivity index (χ3n) is 4.64. The summed E-state index contributed by atoms with van der Waals surface area (Å²) in [6.07, 6.45) is -5.64. The summed E-state index contributed by atoms with van der Waals surface area (Å²) in [6.45, 7) is 5.09. The van der Waals surface area contributed by atoms with Crippen molar-refractivity contribution in [3.63, 3.8) is 0 Å². The van der Waals surface area contributed by atoms with E-state index in [1.807, 2.05) is 0 Å². The molecule has 0 spiro atoms. The van der Waals surface area contributed by atoms with Crippen LogP contribution in [0.2, 0.25) is 0 Å². The molecule has 1 aromatic rings. The summed E-state index contributed by atoms with van der Waals surface area (Å²) >= 11 is 1.13. The van der Waals surface area contributed by atoms with Gasteiger partial charge in [0.05, 0.1) is 17.5 Å². The number of fused-ring (bicyclic) bond motifs is 1. The van der Waals surface area contributed by atoms with Gasteiger partial charge >= 0.3 is 12.5 Å². The van der Waals surface area contributed by atoms with Crippen LogP contribution in [0, 0.1) is 0 Å². The van der Waals surface area contributed by atoms with Gasteiger partial charge in [0.1, 0.15) is 11.4 Å². The molecule has 0 bridgehead atoms. The zero-order valence-corrected chi connectivity index (χ0v) is 20.2. The van der Waals surface area contributed by atoms with Crippen molar-refractivity contribution in [1.29, 1.82) is 0 Å². The summed E-state index contributed by atoms with van der Waals surface area (Å²) < 4.78 is 70.6. The van der Waals surface area contributed by atoms with Gasteiger partial charge in [-0.15, -0.1) is 13.2 Å². The number of benzene rings is 1. The molecule has 14 heteroatoms. The summed E-state index contributed by atoms with van der Waals surface area (Å²) in [5, 5.41) is 2.33. The molecule has 9 nitrogen and oxygen atoms in total. The smallest absolute Gasteiger partial charge is 0.444 e. The largest absolute Gasteiger partial charge is 0.573 e. The third-order valence-corrected chi connectivity index (χ3v) is 7.85. The lowest BCUT2D eigenvalue weighted by Gasteiger charge is -2.24. The van der Waals surface area contributed by atoms with Gasteiger partial charge in [-0.25, -0.2) is 13.2 Å². The molecule has 0 aromatic heterocycles. The summed E-state index contributed by atoms with van der Waals surface area (Å²) in [5.74, 6) is -1.25. The fourth-order valence-corrected chi connectivity index (χ4v) is 7.35.